The van der Waals surface area contributed by atoms with Gasteiger partial charge < -0.3 is 15.4 Å². The molecule has 3 aromatic carbocycles. The predicted octanol–water partition coefficient (Wildman–Crippen LogP) is 5.72. The molecule has 0 aromatic heterocycles. The number of urea groups is 1. The van der Waals surface area contributed by atoms with Crippen molar-refractivity contribution in [2.45, 2.75) is 12.5 Å². The van der Waals surface area contributed by atoms with Crippen molar-refractivity contribution < 1.29 is 27.1 Å². The molecule has 2 N–H and O–H groups in total. The monoisotopic (exact) mass is 378 g/mol. The van der Waals surface area contributed by atoms with Gasteiger partial charge in [0.15, 0.2) is 0 Å². The molecule has 27 heavy (non-hydrogen) atoms. The highest BCUT2D eigenvalue weighted by molar-refractivity contribution is 6.06. The Bertz CT molecular complexity index is 941. The van der Waals surface area contributed by atoms with E-state index in [2.05, 4.69) is 15.4 Å². The maximum absolute atomic E-state index is 12.9. The summed E-state index contributed by atoms with van der Waals surface area (Å²) in [6, 6.07) is 17.1. The van der Waals surface area contributed by atoms with Gasteiger partial charge in [-0.25, -0.2) is 4.79 Å². The number of nitrogens with one attached hydrogen (secondary N) is 2. The molecule has 4 nitrogen and oxygen atoms in total. The summed E-state index contributed by atoms with van der Waals surface area (Å²) in [5, 5.41) is 7.04. The van der Waals surface area contributed by atoms with Gasteiger partial charge in [0.1, 0.15) is 5.75 Å². The minimum atomic E-state index is -4.58. The lowest BCUT2D eigenvalue weighted by Gasteiger charge is -2.17. The predicted molar refractivity (Wildman–Crippen MR) is 94.6 cm³/mol. The Labute approximate surface area is 151 Å². The zero-order valence-electron chi connectivity index (χ0n) is 13.8. The van der Waals surface area contributed by atoms with Crippen molar-refractivity contribution in [1.29, 1.82) is 0 Å². The summed E-state index contributed by atoms with van der Waals surface area (Å²) in [5.41, 5.74) is 0.877. The molecule has 0 unspecified atom stereocenters. The van der Waals surface area contributed by atoms with E-state index in [0.29, 0.717) is 5.69 Å². The van der Waals surface area contributed by atoms with Crippen molar-refractivity contribution in [2.24, 2.45) is 0 Å². The summed E-state index contributed by atoms with van der Waals surface area (Å²) in [6.07, 6.45) is -8.53. The summed E-state index contributed by atoms with van der Waals surface area (Å²) in [6.45, 7) is 0. The summed E-state index contributed by atoms with van der Waals surface area (Å²) in [5.74, 6) is -0.444. The van der Waals surface area contributed by atoms with Crippen molar-refractivity contribution in [1.82, 2.24) is 0 Å². The SMILES string of the molecule is O=C(Nc1ccc(OC(F)(F)C(F)F)cc1)Nc1cccc2ccccc12. The Balaban J connectivity index is 1.66. The number of carbonyl (C=O) groups is 1. The Morgan fingerprint density at radius 2 is 1.56 bits per heavy atom. The van der Waals surface area contributed by atoms with Gasteiger partial charge in [0.05, 0.1) is 5.69 Å². The van der Waals surface area contributed by atoms with E-state index < -0.39 is 24.3 Å². The van der Waals surface area contributed by atoms with Gasteiger partial charge in [-0.15, -0.1) is 0 Å². The molecule has 8 heteroatoms. The van der Waals surface area contributed by atoms with Crippen LogP contribution in [0.3, 0.4) is 0 Å². The molecule has 0 atom stereocenters. The van der Waals surface area contributed by atoms with Gasteiger partial charge in [-0.05, 0) is 35.7 Å². The van der Waals surface area contributed by atoms with E-state index in [9.17, 15) is 22.4 Å². The number of benzene rings is 3. The molecular weight excluding hydrogens is 364 g/mol. The number of rotatable bonds is 5. The molecule has 0 saturated carbocycles. The highest BCUT2D eigenvalue weighted by Crippen LogP contribution is 2.28. The van der Waals surface area contributed by atoms with Gasteiger partial charge in [-0.3, -0.25) is 0 Å². The van der Waals surface area contributed by atoms with Crippen molar-refractivity contribution in [3.8, 4) is 5.75 Å². The summed E-state index contributed by atoms with van der Waals surface area (Å²) in [7, 11) is 0. The van der Waals surface area contributed by atoms with Crippen LogP contribution >= 0.6 is 0 Å². The fraction of sp³-hybridized carbons (Fsp3) is 0.105. The fourth-order valence-electron chi connectivity index (χ4n) is 2.43. The number of fused-ring (bicyclic) bond motifs is 1. The smallest absolute Gasteiger partial charge is 0.428 e. The van der Waals surface area contributed by atoms with Gasteiger partial charge in [-0.2, -0.15) is 17.6 Å². The lowest BCUT2D eigenvalue weighted by Crippen LogP contribution is -2.33. The zero-order chi connectivity index (χ0) is 19.4. The first kappa shape index (κ1) is 18.5. The van der Waals surface area contributed by atoms with Gasteiger partial charge in [-0.1, -0.05) is 36.4 Å². The lowest BCUT2D eigenvalue weighted by atomic mass is 10.1. The lowest BCUT2D eigenvalue weighted by molar-refractivity contribution is -0.253. The maximum Gasteiger partial charge on any atom is 0.461 e. The Hall–Kier alpha value is -3.29. The number of hydrogen-bond acceptors (Lipinski definition) is 2. The molecule has 0 heterocycles. The first-order chi connectivity index (χ1) is 12.8. The Morgan fingerprint density at radius 1 is 0.889 bits per heavy atom. The summed E-state index contributed by atoms with van der Waals surface area (Å²) < 4.78 is 53.9. The van der Waals surface area contributed by atoms with Crippen LogP contribution in [0.5, 0.6) is 5.75 Å². The molecule has 3 aromatic rings. The minimum Gasteiger partial charge on any atom is -0.428 e. The molecule has 0 aliphatic heterocycles. The summed E-state index contributed by atoms with van der Waals surface area (Å²) >= 11 is 0. The molecule has 140 valence electrons. The number of alkyl halides is 4. The minimum absolute atomic E-state index is 0.278. The molecule has 3 rings (SSSR count). The van der Waals surface area contributed by atoms with Crippen molar-refractivity contribution in [2.75, 3.05) is 10.6 Å². The second-order valence-electron chi connectivity index (χ2n) is 5.59. The van der Waals surface area contributed by atoms with E-state index in [1.165, 1.54) is 12.1 Å². The van der Waals surface area contributed by atoms with Crippen LogP contribution in [0.4, 0.5) is 33.7 Å². The molecule has 0 bridgehead atoms. The van der Waals surface area contributed by atoms with E-state index in [-0.39, 0.29) is 5.69 Å². The van der Waals surface area contributed by atoms with Crippen LogP contribution in [0.2, 0.25) is 0 Å². The number of ether oxygens (including phenoxy) is 1. The van der Waals surface area contributed by atoms with Gasteiger partial charge in [0.2, 0.25) is 0 Å². The highest BCUT2D eigenvalue weighted by atomic mass is 19.3. The van der Waals surface area contributed by atoms with Gasteiger partial charge in [0, 0.05) is 11.1 Å². The van der Waals surface area contributed by atoms with E-state index in [4.69, 9.17) is 0 Å². The van der Waals surface area contributed by atoms with Crippen LogP contribution in [0.1, 0.15) is 0 Å². The summed E-state index contributed by atoms with van der Waals surface area (Å²) in [4.78, 5) is 12.2. The highest BCUT2D eigenvalue weighted by Gasteiger charge is 2.43. The van der Waals surface area contributed by atoms with E-state index in [0.717, 1.165) is 22.9 Å². The topological polar surface area (TPSA) is 50.4 Å². The zero-order valence-corrected chi connectivity index (χ0v) is 13.8. The number of halogens is 4. The third kappa shape index (κ3) is 4.46. The number of carbonyl (C=O) groups excluding carboxylic acids is 1. The quantitative estimate of drug-likeness (QED) is 0.558. The molecule has 2 amide bonds. The van der Waals surface area contributed by atoms with Crippen LogP contribution in [-0.2, 0) is 0 Å². The second kappa shape index (κ2) is 7.53. The Morgan fingerprint density at radius 3 is 2.26 bits per heavy atom. The van der Waals surface area contributed by atoms with Crippen LogP contribution in [-0.4, -0.2) is 18.6 Å². The molecule has 0 radical (unpaired) electrons. The Kier molecular flexibility index (Phi) is 5.16. The largest absolute Gasteiger partial charge is 0.461 e. The fourth-order valence-corrected chi connectivity index (χ4v) is 2.43. The molecule has 0 fully saturated rings. The third-order valence-corrected chi connectivity index (χ3v) is 3.66. The third-order valence-electron chi connectivity index (χ3n) is 3.66. The number of amides is 2. The maximum atomic E-state index is 12.9. The van der Waals surface area contributed by atoms with Crippen molar-refractivity contribution in [3.63, 3.8) is 0 Å². The second-order valence-corrected chi connectivity index (χ2v) is 5.59. The van der Waals surface area contributed by atoms with E-state index >= 15 is 0 Å². The van der Waals surface area contributed by atoms with Gasteiger partial charge in [0.25, 0.3) is 0 Å². The first-order valence-corrected chi connectivity index (χ1v) is 7.86. The average molecular weight is 378 g/mol. The molecule has 0 aliphatic carbocycles. The average Bonchev–Trinajstić information content (AvgIpc) is 2.63. The first-order valence-electron chi connectivity index (χ1n) is 7.86. The standard InChI is InChI=1S/C19H14F4N2O2/c20-17(21)19(22,23)27-14-10-8-13(9-11-14)24-18(26)25-16-7-3-5-12-4-1-2-6-15(12)16/h1-11,17H,(H2,24,25,26). The van der Waals surface area contributed by atoms with Crippen molar-refractivity contribution >= 4 is 28.2 Å². The number of anilines is 2. The van der Waals surface area contributed by atoms with Crippen LogP contribution in [0, 0.1) is 0 Å². The van der Waals surface area contributed by atoms with Crippen LogP contribution in [0.15, 0.2) is 66.7 Å². The van der Waals surface area contributed by atoms with Crippen LogP contribution < -0.4 is 15.4 Å². The van der Waals surface area contributed by atoms with E-state index in [1.54, 1.807) is 12.1 Å². The van der Waals surface area contributed by atoms with E-state index in [1.807, 2.05) is 30.3 Å². The number of hydrogen-bond donors (Lipinski definition) is 2. The molecular formula is C19H14F4N2O2. The molecule has 0 spiro atoms. The molecule has 0 saturated heterocycles. The normalized spacial score (nSPS) is 11.4. The molecule has 0 aliphatic rings. The van der Waals surface area contributed by atoms with Crippen LogP contribution in [0.25, 0.3) is 10.8 Å². The van der Waals surface area contributed by atoms with Crippen molar-refractivity contribution in [3.05, 3.63) is 66.7 Å². The van der Waals surface area contributed by atoms with Gasteiger partial charge >= 0.3 is 18.6 Å².